The third-order valence-corrected chi connectivity index (χ3v) is 5.95. The lowest BCUT2D eigenvalue weighted by Crippen LogP contribution is -2.44. The van der Waals surface area contributed by atoms with Crippen molar-refractivity contribution in [1.82, 2.24) is 20.1 Å². The summed E-state index contributed by atoms with van der Waals surface area (Å²) >= 11 is 0. The summed E-state index contributed by atoms with van der Waals surface area (Å²) in [4.78, 5) is 30.4. The summed E-state index contributed by atoms with van der Waals surface area (Å²) in [7, 11) is 1.79. The van der Waals surface area contributed by atoms with E-state index in [1.807, 2.05) is 31.2 Å². The second-order valence-electron chi connectivity index (χ2n) is 8.73. The second kappa shape index (κ2) is 10.3. The smallest absolute Gasteiger partial charge is 0.252 e. The summed E-state index contributed by atoms with van der Waals surface area (Å²) in [5.74, 6) is 0.652. The lowest BCUT2D eigenvalue weighted by molar-refractivity contribution is -0.118. The quantitative estimate of drug-likeness (QED) is 0.482. The fourth-order valence-electron chi connectivity index (χ4n) is 4.26. The van der Waals surface area contributed by atoms with Crippen LogP contribution in [0.4, 0.5) is 17.2 Å². The van der Waals surface area contributed by atoms with Crippen LogP contribution in [0.2, 0.25) is 0 Å². The molecule has 0 bridgehead atoms. The molecule has 3 aromatic rings. The van der Waals surface area contributed by atoms with E-state index in [9.17, 15) is 9.59 Å². The van der Waals surface area contributed by atoms with Crippen LogP contribution in [0.15, 0.2) is 55.0 Å². The van der Waals surface area contributed by atoms with Crippen molar-refractivity contribution in [3.8, 4) is 0 Å². The van der Waals surface area contributed by atoms with Crippen LogP contribution in [0.3, 0.4) is 0 Å². The van der Waals surface area contributed by atoms with Crippen molar-refractivity contribution in [2.24, 2.45) is 13.0 Å². The molecule has 8 nitrogen and oxygen atoms in total. The number of nitrogens with zero attached hydrogens (tertiary/aromatic N) is 3. The van der Waals surface area contributed by atoms with Crippen LogP contribution >= 0.6 is 0 Å². The van der Waals surface area contributed by atoms with Gasteiger partial charge in [0.2, 0.25) is 5.91 Å². The van der Waals surface area contributed by atoms with E-state index in [1.54, 1.807) is 42.5 Å². The number of hydrogen-bond acceptors (Lipinski definition) is 5. The van der Waals surface area contributed by atoms with E-state index < -0.39 is 6.04 Å². The molecule has 0 saturated heterocycles. The van der Waals surface area contributed by atoms with Crippen LogP contribution in [0.1, 0.15) is 48.0 Å². The lowest BCUT2D eigenvalue weighted by Gasteiger charge is -2.21. The zero-order chi connectivity index (χ0) is 23.2. The van der Waals surface area contributed by atoms with E-state index in [1.165, 1.54) is 12.8 Å². The average Bonchev–Trinajstić information content (AvgIpc) is 3.45. The van der Waals surface area contributed by atoms with Crippen molar-refractivity contribution in [3.63, 3.8) is 0 Å². The van der Waals surface area contributed by atoms with E-state index in [2.05, 4.69) is 26.0 Å². The number of aromatic nitrogens is 3. The van der Waals surface area contributed by atoms with Crippen molar-refractivity contribution in [3.05, 3.63) is 66.1 Å². The molecule has 2 amide bonds. The Labute approximate surface area is 193 Å². The van der Waals surface area contributed by atoms with Gasteiger partial charge in [-0.15, -0.1) is 0 Å². The van der Waals surface area contributed by atoms with Crippen molar-refractivity contribution in [1.29, 1.82) is 0 Å². The largest absolute Gasteiger partial charge is 0.340 e. The van der Waals surface area contributed by atoms with Crippen LogP contribution in [-0.2, 0) is 11.8 Å². The first-order valence-corrected chi connectivity index (χ1v) is 11.4. The van der Waals surface area contributed by atoms with Crippen molar-refractivity contribution in [2.75, 3.05) is 10.6 Å². The zero-order valence-electron chi connectivity index (χ0n) is 19.0. The Morgan fingerprint density at radius 1 is 1.15 bits per heavy atom. The Morgan fingerprint density at radius 3 is 2.70 bits per heavy atom. The summed E-state index contributed by atoms with van der Waals surface area (Å²) in [6.07, 6.45) is 10.2. The van der Waals surface area contributed by atoms with Gasteiger partial charge < -0.3 is 16.0 Å². The molecule has 8 heteroatoms. The Morgan fingerprint density at radius 2 is 1.97 bits per heavy atom. The van der Waals surface area contributed by atoms with E-state index in [-0.39, 0.29) is 11.8 Å². The van der Waals surface area contributed by atoms with Gasteiger partial charge in [0.25, 0.3) is 5.91 Å². The third kappa shape index (κ3) is 6.19. The van der Waals surface area contributed by atoms with Crippen LogP contribution in [-0.4, -0.2) is 32.6 Å². The number of nitrogens with one attached hydrogen (secondary N) is 3. The SMILES string of the molecule is Cc1ccnc(Nc2cccc(C(=O)N[C@@H](CC3CCCC3)C(=O)Nc3cnn(C)c3)c2)c1. The Balaban J connectivity index is 1.46. The molecular weight excluding hydrogens is 416 g/mol. The van der Waals surface area contributed by atoms with Gasteiger partial charge in [-0.05, 0) is 55.2 Å². The van der Waals surface area contributed by atoms with E-state index in [0.29, 0.717) is 29.4 Å². The zero-order valence-corrected chi connectivity index (χ0v) is 19.0. The fraction of sp³-hybridized carbons (Fsp3) is 0.360. The number of anilines is 3. The molecule has 1 aliphatic carbocycles. The predicted octanol–water partition coefficient (Wildman–Crippen LogP) is 4.18. The number of amides is 2. The highest BCUT2D eigenvalue weighted by molar-refractivity contribution is 6.01. The molecule has 33 heavy (non-hydrogen) atoms. The summed E-state index contributed by atoms with van der Waals surface area (Å²) in [6.45, 7) is 2.00. The minimum atomic E-state index is -0.615. The molecular formula is C25H30N6O2. The highest BCUT2D eigenvalue weighted by Gasteiger charge is 2.27. The van der Waals surface area contributed by atoms with Crippen molar-refractivity contribution < 1.29 is 9.59 Å². The molecule has 4 rings (SSSR count). The molecule has 0 unspecified atom stereocenters. The van der Waals surface area contributed by atoms with Gasteiger partial charge in [-0.3, -0.25) is 14.3 Å². The van der Waals surface area contributed by atoms with E-state index in [0.717, 1.165) is 24.1 Å². The molecule has 1 fully saturated rings. The molecule has 1 aromatic carbocycles. The summed E-state index contributed by atoms with van der Waals surface area (Å²) in [5, 5.41) is 13.2. The standard InChI is InChI=1S/C25H30N6O2/c1-17-10-11-26-23(12-17)28-20-9-5-8-19(14-20)24(32)30-22(13-18-6-3-4-7-18)25(33)29-21-15-27-31(2)16-21/h5,8-12,14-16,18,22H,3-4,6-7,13H2,1-2H3,(H,26,28)(H,29,33)(H,30,32)/t22-/m0/s1. The van der Waals surface area contributed by atoms with Gasteiger partial charge in [0.05, 0.1) is 11.9 Å². The number of carbonyl (C=O) groups excluding carboxylic acids is 2. The maximum absolute atomic E-state index is 13.1. The average molecular weight is 447 g/mol. The van der Waals surface area contributed by atoms with Gasteiger partial charge in [0.1, 0.15) is 11.9 Å². The lowest BCUT2D eigenvalue weighted by atomic mass is 9.97. The maximum atomic E-state index is 13.1. The first-order valence-electron chi connectivity index (χ1n) is 11.4. The van der Waals surface area contributed by atoms with Gasteiger partial charge in [-0.1, -0.05) is 31.7 Å². The molecule has 2 heterocycles. The summed E-state index contributed by atoms with van der Waals surface area (Å²) < 4.78 is 1.63. The van der Waals surface area contributed by atoms with Gasteiger partial charge in [-0.25, -0.2) is 4.98 Å². The van der Waals surface area contributed by atoms with Crippen LogP contribution in [0.25, 0.3) is 0 Å². The number of carbonyl (C=O) groups is 2. The van der Waals surface area contributed by atoms with Crippen LogP contribution < -0.4 is 16.0 Å². The second-order valence-corrected chi connectivity index (χ2v) is 8.73. The molecule has 1 saturated carbocycles. The number of benzene rings is 1. The van der Waals surface area contributed by atoms with Crippen LogP contribution in [0, 0.1) is 12.8 Å². The molecule has 1 atom stereocenters. The molecule has 3 N–H and O–H groups in total. The van der Waals surface area contributed by atoms with Crippen molar-refractivity contribution in [2.45, 2.75) is 45.1 Å². The Hall–Kier alpha value is -3.68. The predicted molar refractivity (Wildman–Crippen MR) is 128 cm³/mol. The van der Waals surface area contributed by atoms with Crippen LogP contribution in [0.5, 0.6) is 0 Å². The Bertz CT molecular complexity index is 1120. The summed E-state index contributed by atoms with van der Waals surface area (Å²) in [5.41, 5.74) is 2.95. The number of aryl methyl sites for hydroxylation is 2. The van der Waals surface area contributed by atoms with Gasteiger partial charge in [-0.2, -0.15) is 5.10 Å². The van der Waals surface area contributed by atoms with E-state index >= 15 is 0 Å². The maximum Gasteiger partial charge on any atom is 0.252 e. The number of pyridine rings is 1. The van der Waals surface area contributed by atoms with E-state index in [4.69, 9.17) is 0 Å². The first kappa shape index (κ1) is 22.5. The highest BCUT2D eigenvalue weighted by Crippen LogP contribution is 2.29. The minimum Gasteiger partial charge on any atom is -0.340 e. The van der Waals surface area contributed by atoms with Gasteiger partial charge in [0.15, 0.2) is 0 Å². The summed E-state index contributed by atoms with van der Waals surface area (Å²) in [6, 6.07) is 10.5. The van der Waals surface area contributed by atoms with Gasteiger partial charge in [0, 0.05) is 30.7 Å². The molecule has 1 aliphatic rings. The number of rotatable bonds is 8. The molecule has 0 spiro atoms. The molecule has 0 radical (unpaired) electrons. The van der Waals surface area contributed by atoms with Gasteiger partial charge >= 0.3 is 0 Å². The first-order chi connectivity index (χ1) is 16.0. The minimum absolute atomic E-state index is 0.221. The third-order valence-electron chi connectivity index (χ3n) is 5.95. The fourth-order valence-corrected chi connectivity index (χ4v) is 4.26. The molecule has 2 aromatic heterocycles. The number of hydrogen-bond donors (Lipinski definition) is 3. The van der Waals surface area contributed by atoms with Crippen molar-refractivity contribution >= 4 is 29.0 Å². The normalized spacial score (nSPS) is 14.6. The topological polar surface area (TPSA) is 101 Å². The Kier molecular flexibility index (Phi) is 7.02. The molecule has 0 aliphatic heterocycles. The monoisotopic (exact) mass is 446 g/mol. The highest BCUT2D eigenvalue weighted by atomic mass is 16.2. The molecule has 172 valence electrons.